The average Bonchev–Trinajstić information content (AvgIpc) is 2.81. The molecule has 0 saturated carbocycles. The SMILES string of the molecule is CCc1ccc(NC(=O)Cn2c(=O)cc(C(=O)N3CCCCC3)c3ccccc32)cc1. The van der Waals surface area contributed by atoms with Gasteiger partial charge in [0.1, 0.15) is 6.54 Å². The lowest BCUT2D eigenvalue weighted by Crippen LogP contribution is -2.37. The first-order valence-electron chi connectivity index (χ1n) is 10.9. The molecule has 0 atom stereocenters. The van der Waals surface area contributed by atoms with E-state index in [4.69, 9.17) is 0 Å². The summed E-state index contributed by atoms with van der Waals surface area (Å²) >= 11 is 0. The summed E-state index contributed by atoms with van der Waals surface area (Å²) in [5, 5.41) is 3.54. The van der Waals surface area contributed by atoms with Crippen molar-refractivity contribution in [3.8, 4) is 0 Å². The normalized spacial score (nSPS) is 13.9. The number of rotatable bonds is 5. The standard InChI is InChI=1S/C25H27N3O3/c1-2-18-10-12-19(13-11-18)26-23(29)17-28-22-9-5-4-8-20(22)21(16-24(28)30)25(31)27-14-6-3-7-15-27/h4-5,8-13,16H,2-3,6-7,14-15,17H2,1H3,(H,26,29). The van der Waals surface area contributed by atoms with Crippen LogP contribution in [0.3, 0.4) is 0 Å². The number of nitrogens with one attached hydrogen (secondary N) is 1. The summed E-state index contributed by atoms with van der Waals surface area (Å²) in [6, 6.07) is 16.3. The Kier molecular flexibility index (Phi) is 6.16. The molecule has 3 aromatic rings. The molecule has 0 radical (unpaired) electrons. The molecule has 1 aliphatic rings. The Hall–Kier alpha value is -3.41. The van der Waals surface area contributed by atoms with Crippen LogP contribution in [0.25, 0.3) is 10.9 Å². The van der Waals surface area contributed by atoms with Crippen molar-refractivity contribution in [2.24, 2.45) is 0 Å². The second kappa shape index (κ2) is 9.16. The lowest BCUT2D eigenvalue weighted by Gasteiger charge is -2.27. The van der Waals surface area contributed by atoms with E-state index in [0.717, 1.165) is 38.8 Å². The summed E-state index contributed by atoms with van der Waals surface area (Å²) in [6.45, 7) is 3.39. The number of anilines is 1. The Bertz CT molecular complexity index is 1160. The van der Waals surface area contributed by atoms with Crippen molar-refractivity contribution in [2.45, 2.75) is 39.2 Å². The fourth-order valence-electron chi connectivity index (χ4n) is 4.11. The van der Waals surface area contributed by atoms with E-state index < -0.39 is 0 Å². The van der Waals surface area contributed by atoms with E-state index >= 15 is 0 Å². The van der Waals surface area contributed by atoms with Crippen LogP contribution in [-0.4, -0.2) is 34.4 Å². The number of pyridine rings is 1. The van der Waals surface area contributed by atoms with E-state index in [1.54, 1.807) is 6.07 Å². The molecule has 1 aromatic heterocycles. The van der Waals surface area contributed by atoms with Crippen LogP contribution in [0.4, 0.5) is 5.69 Å². The predicted molar refractivity (Wildman–Crippen MR) is 122 cm³/mol. The number of likely N-dealkylation sites (tertiary alicyclic amines) is 1. The number of aryl methyl sites for hydroxylation is 1. The Morgan fingerprint density at radius 2 is 1.68 bits per heavy atom. The minimum absolute atomic E-state index is 0.111. The van der Waals surface area contributed by atoms with Gasteiger partial charge in [0, 0.05) is 30.2 Å². The summed E-state index contributed by atoms with van der Waals surface area (Å²) in [6.07, 6.45) is 4.03. The van der Waals surface area contributed by atoms with E-state index in [2.05, 4.69) is 12.2 Å². The number of hydrogen-bond acceptors (Lipinski definition) is 3. The average molecular weight is 418 g/mol. The molecule has 0 spiro atoms. The van der Waals surface area contributed by atoms with Crippen molar-refractivity contribution in [3.63, 3.8) is 0 Å². The molecule has 1 saturated heterocycles. The van der Waals surface area contributed by atoms with Crippen LogP contribution in [0.5, 0.6) is 0 Å². The molecule has 2 amide bonds. The van der Waals surface area contributed by atoms with Gasteiger partial charge < -0.3 is 10.2 Å². The first-order chi connectivity index (χ1) is 15.1. The maximum Gasteiger partial charge on any atom is 0.254 e. The van der Waals surface area contributed by atoms with Gasteiger partial charge in [-0.05, 0) is 49.4 Å². The van der Waals surface area contributed by atoms with Gasteiger partial charge in [-0.25, -0.2) is 0 Å². The molecule has 1 N–H and O–H groups in total. The van der Waals surface area contributed by atoms with Crippen LogP contribution in [0.15, 0.2) is 59.4 Å². The topological polar surface area (TPSA) is 71.4 Å². The lowest BCUT2D eigenvalue weighted by atomic mass is 10.0. The lowest BCUT2D eigenvalue weighted by molar-refractivity contribution is -0.116. The fraction of sp³-hybridized carbons (Fsp3) is 0.320. The number of nitrogens with zero attached hydrogens (tertiary/aromatic N) is 2. The van der Waals surface area contributed by atoms with Gasteiger partial charge in [-0.1, -0.05) is 37.3 Å². The number of carbonyl (C=O) groups is 2. The van der Waals surface area contributed by atoms with Crippen LogP contribution in [0, 0.1) is 0 Å². The molecule has 0 unspecified atom stereocenters. The summed E-state index contributed by atoms with van der Waals surface area (Å²) in [4.78, 5) is 40.5. The number of carbonyl (C=O) groups excluding carboxylic acids is 2. The van der Waals surface area contributed by atoms with Gasteiger partial charge in [0.2, 0.25) is 5.91 Å². The number of benzene rings is 2. The maximum atomic E-state index is 13.1. The molecule has 160 valence electrons. The maximum absolute atomic E-state index is 13.1. The van der Waals surface area contributed by atoms with Gasteiger partial charge in [-0.3, -0.25) is 19.0 Å². The van der Waals surface area contributed by atoms with E-state index in [0.29, 0.717) is 22.2 Å². The zero-order valence-electron chi connectivity index (χ0n) is 17.8. The van der Waals surface area contributed by atoms with Crippen LogP contribution >= 0.6 is 0 Å². The minimum atomic E-state index is -0.351. The number of para-hydroxylation sites is 1. The largest absolute Gasteiger partial charge is 0.339 e. The first kappa shape index (κ1) is 20.8. The van der Waals surface area contributed by atoms with Gasteiger partial charge in [-0.15, -0.1) is 0 Å². The molecule has 31 heavy (non-hydrogen) atoms. The van der Waals surface area contributed by atoms with Gasteiger partial charge in [-0.2, -0.15) is 0 Å². The zero-order valence-corrected chi connectivity index (χ0v) is 17.8. The van der Waals surface area contributed by atoms with Crippen molar-refractivity contribution in [1.82, 2.24) is 9.47 Å². The molecule has 0 aliphatic carbocycles. The summed E-state index contributed by atoms with van der Waals surface area (Å²) in [5.41, 5.74) is 2.53. The number of aromatic nitrogens is 1. The molecular formula is C25H27N3O3. The third-order valence-corrected chi connectivity index (χ3v) is 5.84. The molecule has 2 heterocycles. The number of fused-ring (bicyclic) bond motifs is 1. The molecular weight excluding hydrogens is 390 g/mol. The second-order valence-corrected chi connectivity index (χ2v) is 7.95. The Labute approximate surface area is 181 Å². The Balaban J connectivity index is 1.62. The van der Waals surface area contributed by atoms with Crippen molar-refractivity contribution >= 4 is 28.4 Å². The Morgan fingerprint density at radius 3 is 2.39 bits per heavy atom. The molecule has 4 rings (SSSR count). The highest BCUT2D eigenvalue weighted by atomic mass is 16.2. The van der Waals surface area contributed by atoms with Crippen molar-refractivity contribution in [2.75, 3.05) is 18.4 Å². The summed E-state index contributed by atoms with van der Waals surface area (Å²) in [7, 11) is 0. The van der Waals surface area contributed by atoms with Crippen LogP contribution < -0.4 is 10.9 Å². The van der Waals surface area contributed by atoms with Crippen molar-refractivity contribution in [1.29, 1.82) is 0 Å². The predicted octanol–water partition coefficient (Wildman–Crippen LogP) is 3.83. The molecule has 2 aromatic carbocycles. The molecule has 0 bridgehead atoms. The van der Waals surface area contributed by atoms with Gasteiger partial charge in [0.05, 0.1) is 11.1 Å². The van der Waals surface area contributed by atoms with Gasteiger partial charge >= 0.3 is 0 Å². The highest BCUT2D eigenvalue weighted by Crippen LogP contribution is 2.21. The van der Waals surface area contributed by atoms with Crippen molar-refractivity contribution in [3.05, 3.63) is 76.1 Å². The third kappa shape index (κ3) is 4.53. The highest BCUT2D eigenvalue weighted by Gasteiger charge is 2.22. The highest BCUT2D eigenvalue weighted by molar-refractivity contribution is 6.06. The van der Waals surface area contributed by atoms with Crippen molar-refractivity contribution < 1.29 is 9.59 Å². The van der Waals surface area contributed by atoms with Crippen LogP contribution in [-0.2, 0) is 17.8 Å². The van der Waals surface area contributed by atoms with Crippen LogP contribution in [0.1, 0.15) is 42.1 Å². The zero-order chi connectivity index (χ0) is 21.8. The smallest absolute Gasteiger partial charge is 0.254 e. The summed E-state index contributed by atoms with van der Waals surface area (Å²) < 4.78 is 1.43. The van der Waals surface area contributed by atoms with E-state index in [1.165, 1.54) is 16.2 Å². The van der Waals surface area contributed by atoms with Crippen LogP contribution in [0.2, 0.25) is 0 Å². The van der Waals surface area contributed by atoms with E-state index in [1.807, 2.05) is 47.4 Å². The Morgan fingerprint density at radius 1 is 0.968 bits per heavy atom. The molecule has 6 nitrogen and oxygen atoms in total. The number of piperidine rings is 1. The first-order valence-corrected chi connectivity index (χ1v) is 10.9. The van der Waals surface area contributed by atoms with E-state index in [9.17, 15) is 14.4 Å². The fourth-order valence-corrected chi connectivity index (χ4v) is 4.11. The van der Waals surface area contributed by atoms with E-state index in [-0.39, 0.29) is 23.9 Å². The molecule has 6 heteroatoms. The second-order valence-electron chi connectivity index (χ2n) is 7.95. The van der Waals surface area contributed by atoms with Gasteiger partial charge in [0.25, 0.3) is 11.5 Å². The molecule has 1 aliphatic heterocycles. The third-order valence-electron chi connectivity index (χ3n) is 5.84. The quantitative estimate of drug-likeness (QED) is 0.686. The number of amides is 2. The number of hydrogen-bond donors (Lipinski definition) is 1. The monoisotopic (exact) mass is 417 g/mol. The molecule has 1 fully saturated rings. The summed E-state index contributed by atoms with van der Waals surface area (Å²) in [5.74, 6) is -0.396. The minimum Gasteiger partial charge on any atom is -0.339 e. The van der Waals surface area contributed by atoms with Gasteiger partial charge in [0.15, 0.2) is 0 Å².